The average molecular weight is 250 g/mol. The summed E-state index contributed by atoms with van der Waals surface area (Å²) in [5, 5.41) is 13.4. The standard InChI is InChI=1S/C13H18N2O3/c1-13(2,7-14-3)11(16)8-4-5-10-9(6-8)15-12(17)18-10/h4-6,11,14,16H,7H2,1-3H3,(H,15,17). The van der Waals surface area contributed by atoms with Crippen molar-refractivity contribution in [2.75, 3.05) is 13.6 Å². The summed E-state index contributed by atoms with van der Waals surface area (Å²) in [6.45, 7) is 4.65. The maximum absolute atomic E-state index is 11.1. The zero-order valence-corrected chi connectivity index (χ0v) is 10.8. The molecule has 0 aliphatic carbocycles. The molecule has 0 fully saturated rings. The van der Waals surface area contributed by atoms with Crippen LogP contribution in [0.15, 0.2) is 27.4 Å². The SMILES string of the molecule is CNCC(C)(C)C(O)c1ccc2oc(=O)[nH]c2c1. The number of oxazole rings is 1. The molecule has 5 nitrogen and oxygen atoms in total. The van der Waals surface area contributed by atoms with E-state index in [-0.39, 0.29) is 5.41 Å². The van der Waals surface area contributed by atoms with Crippen LogP contribution in [0.4, 0.5) is 0 Å². The van der Waals surface area contributed by atoms with E-state index in [0.29, 0.717) is 17.6 Å². The first-order valence-electron chi connectivity index (χ1n) is 5.89. The number of aliphatic hydroxyl groups excluding tert-OH is 1. The molecule has 1 heterocycles. The summed E-state index contributed by atoms with van der Waals surface area (Å²) in [7, 11) is 1.85. The number of hydrogen-bond acceptors (Lipinski definition) is 4. The van der Waals surface area contributed by atoms with Gasteiger partial charge in [-0.3, -0.25) is 4.98 Å². The van der Waals surface area contributed by atoms with Crippen molar-refractivity contribution in [1.82, 2.24) is 10.3 Å². The van der Waals surface area contributed by atoms with Crippen molar-refractivity contribution in [3.05, 3.63) is 34.3 Å². The smallest absolute Gasteiger partial charge is 0.408 e. The van der Waals surface area contributed by atoms with Crippen LogP contribution in [0.1, 0.15) is 25.5 Å². The highest BCUT2D eigenvalue weighted by Crippen LogP contribution is 2.33. The number of aromatic nitrogens is 1. The number of nitrogens with one attached hydrogen (secondary N) is 2. The normalized spacial score (nSPS) is 14.0. The van der Waals surface area contributed by atoms with Crippen LogP contribution in [0, 0.1) is 5.41 Å². The molecule has 0 aliphatic rings. The molecule has 1 atom stereocenters. The van der Waals surface area contributed by atoms with Gasteiger partial charge >= 0.3 is 5.76 Å². The fourth-order valence-electron chi connectivity index (χ4n) is 2.14. The van der Waals surface area contributed by atoms with Crippen molar-refractivity contribution in [3.8, 4) is 0 Å². The van der Waals surface area contributed by atoms with Gasteiger partial charge in [0.1, 0.15) is 0 Å². The van der Waals surface area contributed by atoms with Gasteiger partial charge in [0.05, 0.1) is 11.6 Å². The summed E-state index contributed by atoms with van der Waals surface area (Å²) in [4.78, 5) is 13.7. The highest BCUT2D eigenvalue weighted by atomic mass is 16.4. The molecule has 0 saturated carbocycles. The molecule has 2 rings (SSSR count). The molecule has 0 bridgehead atoms. The molecule has 0 radical (unpaired) electrons. The lowest BCUT2D eigenvalue weighted by atomic mass is 9.82. The third kappa shape index (κ3) is 2.32. The van der Waals surface area contributed by atoms with Crippen LogP contribution in [0.3, 0.4) is 0 Å². The van der Waals surface area contributed by atoms with Crippen molar-refractivity contribution in [2.45, 2.75) is 20.0 Å². The molecule has 1 unspecified atom stereocenters. The quantitative estimate of drug-likeness (QED) is 0.766. The molecule has 0 amide bonds. The molecule has 1 aromatic heterocycles. The Kier molecular flexibility index (Phi) is 3.28. The number of aromatic amines is 1. The monoisotopic (exact) mass is 250 g/mol. The largest absolute Gasteiger partial charge is 0.417 e. The van der Waals surface area contributed by atoms with Gasteiger partial charge in [-0.2, -0.15) is 0 Å². The Hall–Kier alpha value is -1.59. The van der Waals surface area contributed by atoms with Crippen LogP contribution in [0.5, 0.6) is 0 Å². The topological polar surface area (TPSA) is 78.3 Å². The molecule has 0 saturated heterocycles. The number of hydrogen-bond donors (Lipinski definition) is 3. The molecule has 0 aliphatic heterocycles. The van der Waals surface area contributed by atoms with Gasteiger partial charge in [-0.25, -0.2) is 4.79 Å². The number of rotatable bonds is 4. The van der Waals surface area contributed by atoms with E-state index in [9.17, 15) is 9.90 Å². The lowest BCUT2D eigenvalue weighted by Gasteiger charge is -2.30. The van der Waals surface area contributed by atoms with Crippen LogP contribution in [0.2, 0.25) is 0 Å². The van der Waals surface area contributed by atoms with Crippen LogP contribution < -0.4 is 11.1 Å². The fraction of sp³-hybridized carbons (Fsp3) is 0.462. The number of aliphatic hydroxyl groups is 1. The van der Waals surface area contributed by atoms with Crippen molar-refractivity contribution in [2.24, 2.45) is 5.41 Å². The van der Waals surface area contributed by atoms with Crippen LogP contribution in [0.25, 0.3) is 11.1 Å². The summed E-state index contributed by atoms with van der Waals surface area (Å²) < 4.78 is 4.93. The Balaban J connectivity index is 2.38. The molecule has 3 N–H and O–H groups in total. The van der Waals surface area contributed by atoms with E-state index >= 15 is 0 Å². The summed E-state index contributed by atoms with van der Waals surface area (Å²) >= 11 is 0. The molecule has 0 spiro atoms. The Morgan fingerprint density at radius 2 is 2.22 bits per heavy atom. The van der Waals surface area contributed by atoms with Crippen molar-refractivity contribution >= 4 is 11.1 Å². The van der Waals surface area contributed by atoms with Crippen molar-refractivity contribution < 1.29 is 9.52 Å². The molecule has 5 heteroatoms. The van der Waals surface area contributed by atoms with Gasteiger partial charge in [0, 0.05) is 12.0 Å². The molecule has 98 valence electrons. The minimum absolute atomic E-state index is 0.299. The lowest BCUT2D eigenvalue weighted by Crippen LogP contribution is -2.32. The first-order valence-corrected chi connectivity index (χ1v) is 5.89. The minimum atomic E-state index is -0.618. The van der Waals surface area contributed by atoms with Crippen molar-refractivity contribution in [3.63, 3.8) is 0 Å². The second-order valence-electron chi connectivity index (χ2n) is 5.19. The van der Waals surface area contributed by atoms with Gasteiger partial charge < -0.3 is 14.8 Å². The van der Waals surface area contributed by atoms with Gasteiger partial charge in [-0.05, 0) is 24.7 Å². The maximum Gasteiger partial charge on any atom is 0.417 e. The van der Waals surface area contributed by atoms with Gasteiger partial charge in [-0.1, -0.05) is 19.9 Å². The second-order valence-corrected chi connectivity index (χ2v) is 5.19. The van der Waals surface area contributed by atoms with E-state index < -0.39 is 11.9 Å². The van der Waals surface area contributed by atoms with Crippen LogP contribution in [-0.4, -0.2) is 23.7 Å². The van der Waals surface area contributed by atoms with E-state index in [2.05, 4.69) is 10.3 Å². The number of fused-ring (bicyclic) bond motifs is 1. The van der Waals surface area contributed by atoms with E-state index in [1.807, 2.05) is 20.9 Å². The highest BCUT2D eigenvalue weighted by Gasteiger charge is 2.28. The fourth-order valence-corrected chi connectivity index (χ4v) is 2.14. The van der Waals surface area contributed by atoms with Crippen molar-refractivity contribution in [1.29, 1.82) is 0 Å². The second kappa shape index (κ2) is 4.59. The van der Waals surface area contributed by atoms with E-state index in [0.717, 1.165) is 5.56 Å². The third-order valence-corrected chi connectivity index (χ3v) is 3.13. The Morgan fingerprint density at radius 3 is 2.89 bits per heavy atom. The van der Waals surface area contributed by atoms with Crippen LogP contribution in [-0.2, 0) is 0 Å². The average Bonchev–Trinajstić information content (AvgIpc) is 2.66. The molecule has 18 heavy (non-hydrogen) atoms. The highest BCUT2D eigenvalue weighted by molar-refractivity contribution is 5.72. The van der Waals surface area contributed by atoms with Crippen LogP contribution >= 0.6 is 0 Å². The predicted octanol–water partition coefficient (Wildman–Crippen LogP) is 1.40. The van der Waals surface area contributed by atoms with Gasteiger partial charge in [0.15, 0.2) is 5.58 Å². The Labute approximate surface area is 105 Å². The summed E-state index contributed by atoms with van der Waals surface area (Å²) in [6.07, 6.45) is -0.618. The summed E-state index contributed by atoms with van der Waals surface area (Å²) in [5.74, 6) is -0.480. The molecular formula is C13H18N2O3. The van der Waals surface area contributed by atoms with Gasteiger partial charge in [0.2, 0.25) is 0 Å². The number of benzene rings is 1. The van der Waals surface area contributed by atoms with E-state index in [4.69, 9.17) is 4.42 Å². The third-order valence-electron chi connectivity index (χ3n) is 3.13. The molecular weight excluding hydrogens is 232 g/mol. The Bertz CT molecular complexity index is 598. The summed E-state index contributed by atoms with van der Waals surface area (Å²) in [5.41, 5.74) is 1.57. The first kappa shape index (κ1) is 12.9. The maximum atomic E-state index is 11.1. The molecule has 2 aromatic rings. The predicted molar refractivity (Wildman–Crippen MR) is 69.5 cm³/mol. The zero-order chi connectivity index (χ0) is 13.3. The first-order chi connectivity index (χ1) is 8.44. The number of H-pyrrole nitrogens is 1. The Morgan fingerprint density at radius 1 is 1.50 bits per heavy atom. The molecule has 1 aromatic carbocycles. The van der Waals surface area contributed by atoms with Gasteiger partial charge in [-0.15, -0.1) is 0 Å². The summed E-state index contributed by atoms with van der Waals surface area (Å²) in [6, 6.07) is 5.23. The van der Waals surface area contributed by atoms with Gasteiger partial charge in [0.25, 0.3) is 0 Å². The van der Waals surface area contributed by atoms with E-state index in [1.165, 1.54) is 0 Å². The van der Waals surface area contributed by atoms with E-state index in [1.54, 1.807) is 18.2 Å². The lowest BCUT2D eigenvalue weighted by molar-refractivity contribution is 0.0507. The zero-order valence-electron chi connectivity index (χ0n) is 10.8. The minimum Gasteiger partial charge on any atom is -0.408 e.